The van der Waals surface area contributed by atoms with Crippen molar-refractivity contribution in [2.24, 2.45) is 0 Å². The van der Waals surface area contributed by atoms with Gasteiger partial charge in [0.05, 0.1) is 10.7 Å². The van der Waals surface area contributed by atoms with Gasteiger partial charge in [0.1, 0.15) is 9.84 Å². The number of hydrogen-bond acceptors (Lipinski definition) is 6. The molecule has 1 aromatic carbocycles. The van der Waals surface area contributed by atoms with E-state index in [0.717, 1.165) is 0 Å². The number of rotatable bonds is 6. The molecule has 2 N–H and O–H groups in total. The molecule has 0 bridgehead atoms. The van der Waals surface area contributed by atoms with E-state index in [4.69, 9.17) is 5.73 Å². The van der Waals surface area contributed by atoms with Gasteiger partial charge in [-0.1, -0.05) is 0 Å². The van der Waals surface area contributed by atoms with Crippen molar-refractivity contribution in [2.45, 2.75) is 6.54 Å². The van der Waals surface area contributed by atoms with Crippen molar-refractivity contribution in [3.63, 3.8) is 0 Å². The molecule has 8 heteroatoms. The Hall–Kier alpha value is -1.67. The van der Waals surface area contributed by atoms with Gasteiger partial charge in [-0.15, -0.1) is 0 Å². The number of non-ortho nitro benzene ring substituents is 1. The highest BCUT2D eigenvalue weighted by atomic mass is 32.2. The van der Waals surface area contributed by atoms with Crippen LogP contribution >= 0.6 is 0 Å². The monoisotopic (exact) mass is 287 g/mol. The smallest absolute Gasteiger partial charge is 0.269 e. The number of nitrogen functional groups attached to an aromatic ring is 1. The fraction of sp³-hybridized carbons (Fsp3) is 0.455. The Labute approximate surface area is 112 Å². The summed E-state index contributed by atoms with van der Waals surface area (Å²) in [5, 5.41) is 10.7. The summed E-state index contributed by atoms with van der Waals surface area (Å²) in [5.74, 6) is 0.0400. The molecular weight excluding hydrogens is 270 g/mol. The Morgan fingerprint density at radius 2 is 2.05 bits per heavy atom. The third kappa shape index (κ3) is 5.23. The van der Waals surface area contributed by atoms with E-state index >= 15 is 0 Å². The van der Waals surface area contributed by atoms with Gasteiger partial charge in [0.2, 0.25) is 0 Å². The quantitative estimate of drug-likeness (QED) is 0.468. The normalized spacial score (nSPS) is 11.7. The predicted molar refractivity (Wildman–Crippen MR) is 73.6 cm³/mol. The van der Waals surface area contributed by atoms with Gasteiger partial charge in [-0.25, -0.2) is 8.42 Å². The molecule has 0 saturated heterocycles. The van der Waals surface area contributed by atoms with Crippen LogP contribution in [0.5, 0.6) is 0 Å². The van der Waals surface area contributed by atoms with Gasteiger partial charge in [-0.2, -0.15) is 0 Å². The van der Waals surface area contributed by atoms with Crippen LogP contribution in [0, 0.1) is 10.1 Å². The van der Waals surface area contributed by atoms with Crippen LogP contribution in [0.3, 0.4) is 0 Å². The molecule has 1 aromatic rings. The minimum absolute atomic E-state index is 0.0271. The number of anilines is 1. The van der Waals surface area contributed by atoms with Crippen molar-refractivity contribution >= 4 is 21.2 Å². The third-order valence-electron chi connectivity index (χ3n) is 2.62. The van der Waals surface area contributed by atoms with Gasteiger partial charge in [-0.05, 0) is 18.7 Å². The van der Waals surface area contributed by atoms with E-state index in [9.17, 15) is 18.5 Å². The maximum absolute atomic E-state index is 11.1. The third-order valence-corrected chi connectivity index (χ3v) is 3.55. The zero-order valence-electron chi connectivity index (χ0n) is 10.9. The summed E-state index contributed by atoms with van der Waals surface area (Å²) in [4.78, 5) is 12.0. The second kappa shape index (κ2) is 5.98. The van der Waals surface area contributed by atoms with E-state index in [0.29, 0.717) is 24.3 Å². The molecule has 19 heavy (non-hydrogen) atoms. The van der Waals surface area contributed by atoms with Crippen molar-refractivity contribution in [3.8, 4) is 0 Å². The van der Waals surface area contributed by atoms with Crippen LogP contribution in [0.25, 0.3) is 0 Å². The van der Waals surface area contributed by atoms with Crippen molar-refractivity contribution < 1.29 is 13.3 Å². The molecule has 0 aromatic heterocycles. The molecule has 0 saturated carbocycles. The Kier molecular flexibility index (Phi) is 4.84. The van der Waals surface area contributed by atoms with E-state index in [-0.39, 0.29) is 11.4 Å². The standard InChI is InChI=1S/C11H17N3O4S/c1-13(5-6-19(2,17)18)8-9-7-10(14(15)16)3-4-11(9)12/h3-4,7H,5-6,8,12H2,1-2H3. The summed E-state index contributed by atoms with van der Waals surface area (Å²) in [5.41, 5.74) is 6.80. The Balaban J connectivity index is 2.75. The first-order chi connectivity index (χ1) is 8.69. The average molecular weight is 287 g/mol. The van der Waals surface area contributed by atoms with Crippen molar-refractivity contribution in [3.05, 3.63) is 33.9 Å². The van der Waals surface area contributed by atoms with Gasteiger partial charge in [0, 0.05) is 37.2 Å². The lowest BCUT2D eigenvalue weighted by Crippen LogP contribution is -2.25. The molecule has 0 amide bonds. The van der Waals surface area contributed by atoms with Crippen LogP contribution < -0.4 is 5.73 Å². The zero-order chi connectivity index (χ0) is 14.6. The molecular formula is C11H17N3O4S. The number of hydrogen-bond donors (Lipinski definition) is 1. The van der Waals surface area contributed by atoms with Gasteiger partial charge >= 0.3 is 0 Å². The summed E-state index contributed by atoms with van der Waals surface area (Å²) < 4.78 is 22.1. The molecule has 0 aliphatic carbocycles. The number of nitrogens with zero attached hydrogens (tertiary/aromatic N) is 2. The van der Waals surface area contributed by atoms with Crippen molar-refractivity contribution in [1.29, 1.82) is 0 Å². The summed E-state index contributed by atoms with van der Waals surface area (Å²) in [6, 6.07) is 4.24. The molecule has 0 heterocycles. The number of nitrogens with two attached hydrogens (primary N) is 1. The van der Waals surface area contributed by atoms with E-state index in [1.54, 1.807) is 11.9 Å². The van der Waals surface area contributed by atoms with Gasteiger partial charge in [0.15, 0.2) is 0 Å². The van der Waals surface area contributed by atoms with Crippen LogP contribution in [0.2, 0.25) is 0 Å². The van der Waals surface area contributed by atoms with Crippen LogP contribution in [0.4, 0.5) is 11.4 Å². The second-order valence-electron chi connectivity index (χ2n) is 4.51. The number of nitro benzene ring substituents is 1. The maximum Gasteiger partial charge on any atom is 0.269 e. The number of nitro groups is 1. The molecule has 0 aliphatic rings. The SMILES string of the molecule is CN(CCS(C)(=O)=O)Cc1cc([N+](=O)[O-])ccc1N. The lowest BCUT2D eigenvalue weighted by atomic mass is 10.1. The number of benzene rings is 1. The molecule has 0 radical (unpaired) electrons. The Bertz CT molecular complexity index is 571. The van der Waals surface area contributed by atoms with Crippen LogP contribution in [-0.4, -0.2) is 43.8 Å². The first-order valence-electron chi connectivity index (χ1n) is 5.58. The first kappa shape index (κ1) is 15.4. The Morgan fingerprint density at radius 3 is 2.58 bits per heavy atom. The van der Waals surface area contributed by atoms with E-state index in [1.807, 2.05) is 0 Å². The molecule has 0 aliphatic heterocycles. The lowest BCUT2D eigenvalue weighted by Gasteiger charge is -2.17. The topological polar surface area (TPSA) is 107 Å². The van der Waals surface area contributed by atoms with E-state index < -0.39 is 14.8 Å². The van der Waals surface area contributed by atoms with Crippen molar-refractivity contribution in [2.75, 3.05) is 31.3 Å². The highest BCUT2D eigenvalue weighted by Gasteiger charge is 2.12. The maximum atomic E-state index is 11.1. The van der Waals surface area contributed by atoms with Crippen molar-refractivity contribution in [1.82, 2.24) is 4.90 Å². The molecule has 0 unspecified atom stereocenters. The summed E-state index contributed by atoms with van der Waals surface area (Å²) in [6.07, 6.45) is 1.17. The molecule has 7 nitrogen and oxygen atoms in total. The van der Waals surface area contributed by atoms with Gasteiger partial charge in [-0.3, -0.25) is 10.1 Å². The fourth-order valence-electron chi connectivity index (χ4n) is 1.53. The lowest BCUT2D eigenvalue weighted by molar-refractivity contribution is -0.384. The molecule has 0 fully saturated rings. The fourth-order valence-corrected chi connectivity index (χ4v) is 2.18. The molecule has 106 valence electrons. The highest BCUT2D eigenvalue weighted by Crippen LogP contribution is 2.20. The predicted octanol–water partition coefficient (Wildman–Crippen LogP) is 0.653. The Morgan fingerprint density at radius 1 is 1.42 bits per heavy atom. The minimum Gasteiger partial charge on any atom is -0.398 e. The molecule has 0 spiro atoms. The van der Waals surface area contributed by atoms with Gasteiger partial charge in [0.25, 0.3) is 5.69 Å². The first-order valence-corrected chi connectivity index (χ1v) is 7.64. The second-order valence-corrected chi connectivity index (χ2v) is 6.77. The summed E-state index contributed by atoms with van der Waals surface area (Å²) in [6.45, 7) is 0.712. The summed E-state index contributed by atoms with van der Waals surface area (Å²) in [7, 11) is -1.28. The van der Waals surface area contributed by atoms with Gasteiger partial charge < -0.3 is 10.6 Å². The number of sulfone groups is 1. The van der Waals surface area contributed by atoms with E-state index in [1.165, 1.54) is 24.5 Å². The largest absolute Gasteiger partial charge is 0.398 e. The zero-order valence-corrected chi connectivity index (χ0v) is 11.7. The van der Waals surface area contributed by atoms with Crippen LogP contribution in [-0.2, 0) is 16.4 Å². The van der Waals surface area contributed by atoms with Crippen LogP contribution in [0.1, 0.15) is 5.56 Å². The average Bonchev–Trinajstić information content (AvgIpc) is 2.28. The minimum atomic E-state index is -3.02. The summed E-state index contributed by atoms with van der Waals surface area (Å²) >= 11 is 0. The van der Waals surface area contributed by atoms with Crippen LogP contribution in [0.15, 0.2) is 18.2 Å². The molecule has 0 atom stereocenters. The highest BCUT2D eigenvalue weighted by molar-refractivity contribution is 7.90. The molecule has 1 rings (SSSR count). The van der Waals surface area contributed by atoms with E-state index in [2.05, 4.69) is 0 Å².